The topological polar surface area (TPSA) is 100.0 Å². The van der Waals surface area contributed by atoms with Gasteiger partial charge < -0.3 is 14.9 Å². The predicted molar refractivity (Wildman–Crippen MR) is 139 cm³/mol. The van der Waals surface area contributed by atoms with Crippen LogP contribution in [0.1, 0.15) is 36.1 Å². The predicted octanol–water partition coefficient (Wildman–Crippen LogP) is 5.73. The zero-order valence-electron chi connectivity index (χ0n) is 19.8. The van der Waals surface area contributed by atoms with Crippen LogP contribution in [-0.4, -0.2) is 33.5 Å². The zero-order valence-corrected chi connectivity index (χ0v) is 20.6. The number of nitrogens with zero attached hydrogens (tertiary/aromatic N) is 2. The van der Waals surface area contributed by atoms with Gasteiger partial charge in [-0.2, -0.15) is 0 Å². The molecule has 1 amide bonds. The number of aliphatic hydroxyl groups is 1. The molecule has 0 spiro atoms. The summed E-state index contributed by atoms with van der Waals surface area (Å²) >= 11 is 1.29. The third-order valence-corrected chi connectivity index (χ3v) is 6.99. The second-order valence-electron chi connectivity index (χ2n) is 8.60. The van der Waals surface area contributed by atoms with Gasteiger partial charge in [0, 0.05) is 5.56 Å². The van der Waals surface area contributed by atoms with Gasteiger partial charge in [-0.1, -0.05) is 36.5 Å². The molecule has 5 rings (SSSR count). The number of aliphatic hydroxyl groups excluding tert-OH is 1. The largest absolute Gasteiger partial charge is 0.508 e. The minimum atomic E-state index is -0.963. The van der Waals surface area contributed by atoms with Crippen LogP contribution in [-0.2, 0) is 9.59 Å². The molecule has 8 heteroatoms. The number of phenols is 1. The van der Waals surface area contributed by atoms with E-state index in [0.29, 0.717) is 34.1 Å². The van der Waals surface area contributed by atoms with E-state index >= 15 is 0 Å². The molecule has 0 radical (unpaired) electrons. The Balaban J connectivity index is 1.65. The van der Waals surface area contributed by atoms with Gasteiger partial charge in [-0.05, 0) is 73.0 Å². The summed E-state index contributed by atoms with van der Waals surface area (Å²) in [6.07, 6.45) is 0.862. The van der Waals surface area contributed by atoms with Crippen LogP contribution in [0, 0.1) is 6.92 Å². The van der Waals surface area contributed by atoms with Crippen LogP contribution in [0.25, 0.3) is 16.0 Å². The summed E-state index contributed by atoms with van der Waals surface area (Å²) < 4.78 is 6.49. The highest BCUT2D eigenvalue weighted by Gasteiger charge is 2.48. The molecule has 1 atom stereocenters. The summed E-state index contributed by atoms with van der Waals surface area (Å²) in [4.78, 5) is 32.6. The number of carbonyl (C=O) groups excluding carboxylic acids is 2. The normalized spacial score (nSPS) is 17.2. The number of hydrogen-bond acceptors (Lipinski definition) is 7. The summed E-state index contributed by atoms with van der Waals surface area (Å²) in [6, 6.07) is 17.8. The number of hydrogen-bond donors (Lipinski definition) is 2. The van der Waals surface area contributed by atoms with E-state index in [2.05, 4.69) is 4.98 Å². The van der Waals surface area contributed by atoms with Crippen molar-refractivity contribution in [1.29, 1.82) is 0 Å². The highest BCUT2D eigenvalue weighted by molar-refractivity contribution is 7.22. The van der Waals surface area contributed by atoms with Crippen molar-refractivity contribution in [1.82, 2.24) is 4.98 Å². The maximum atomic E-state index is 13.4. The lowest BCUT2D eigenvalue weighted by molar-refractivity contribution is -0.132. The minimum absolute atomic E-state index is 0.0181. The van der Waals surface area contributed by atoms with Gasteiger partial charge in [0.15, 0.2) is 5.13 Å². The first-order valence-corrected chi connectivity index (χ1v) is 12.4. The number of ketones is 1. The molecule has 0 saturated carbocycles. The Labute approximate surface area is 211 Å². The lowest BCUT2D eigenvalue weighted by Crippen LogP contribution is -2.29. The zero-order chi connectivity index (χ0) is 25.4. The lowest BCUT2D eigenvalue weighted by atomic mass is 9.95. The van der Waals surface area contributed by atoms with Crippen molar-refractivity contribution in [3.05, 3.63) is 89.0 Å². The number of amides is 1. The number of phenolic OH excluding ortho intramolecular Hbond substituents is 1. The maximum Gasteiger partial charge on any atom is 0.301 e. The Morgan fingerprint density at radius 1 is 1.08 bits per heavy atom. The number of benzene rings is 3. The molecule has 182 valence electrons. The number of Topliss-reactive ketones (excluding diaryl/α,β-unsaturated/α-hetero) is 1. The molecular formula is C28H24N2O5S. The lowest BCUT2D eigenvalue weighted by Gasteiger charge is -2.23. The molecule has 0 bridgehead atoms. The first-order chi connectivity index (χ1) is 17.4. The number of anilines is 1. The Morgan fingerprint density at radius 3 is 2.58 bits per heavy atom. The van der Waals surface area contributed by atoms with E-state index in [1.807, 2.05) is 32.0 Å². The quantitative estimate of drug-likeness (QED) is 0.199. The molecule has 4 aromatic rings. The molecule has 1 aliphatic rings. The number of aryl methyl sites for hydroxylation is 1. The molecule has 7 nitrogen and oxygen atoms in total. The maximum absolute atomic E-state index is 13.4. The molecule has 1 unspecified atom stereocenters. The van der Waals surface area contributed by atoms with Crippen molar-refractivity contribution in [2.24, 2.45) is 0 Å². The van der Waals surface area contributed by atoms with Crippen molar-refractivity contribution < 1.29 is 24.5 Å². The Kier molecular flexibility index (Phi) is 6.20. The Hall–Kier alpha value is -4.17. The Morgan fingerprint density at radius 2 is 1.86 bits per heavy atom. The average Bonchev–Trinajstić information content (AvgIpc) is 3.40. The molecule has 2 N–H and O–H groups in total. The monoisotopic (exact) mass is 500 g/mol. The van der Waals surface area contributed by atoms with Crippen molar-refractivity contribution in [3.8, 4) is 11.5 Å². The minimum Gasteiger partial charge on any atom is -0.508 e. The number of fused-ring (bicyclic) bond motifs is 1. The van der Waals surface area contributed by atoms with Crippen LogP contribution in [0.3, 0.4) is 0 Å². The first-order valence-electron chi connectivity index (χ1n) is 11.6. The van der Waals surface area contributed by atoms with Crippen LogP contribution >= 0.6 is 11.3 Å². The molecule has 36 heavy (non-hydrogen) atoms. The fraction of sp³-hybridized carbons (Fsp3) is 0.179. The smallest absolute Gasteiger partial charge is 0.301 e. The molecule has 1 fully saturated rings. The first kappa shape index (κ1) is 23.6. The summed E-state index contributed by atoms with van der Waals surface area (Å²) in [5.41, 5.74) is 2.55. The third kappa shape index (κ3) is 4.20. The van der Waals surface area contributed by atoms with Gasteiger partial charge in [0.25, 0.3) is 5.78 Å². The second kappa shape index (κ2) is 9.47. The van der Waals surface area contributed by atoms with E-state index in [1.165, 1.54) is 28.4 Å². The molecule has 2 heterocycles. The SMILES string of the molecule is CCCOc1ccc(/C(O)=C2\C(=O)C(=O)N(c3nc4ccc(C)cc4s3)C2c2cccc(O)c2)cc1. The molecule has 1 aliphatic heterocycles. The number of aromatic nitrogens is 1. The van der Waals surface area contributed by atoms with Crippen molar-refractivity contribution >= 4 is 44.1 Å². The summed E-state index contributed by atoms with van der Waals surface area (Å²) in [7, 11) is 0. The third-order valence-electron chi connectivity index (χ3n) is 5.97. The van der Waals surface area contributed by atoms with Gasteiger partial charge in [-0.3, -0.25) is 14.5 Å². The number of ether oxygens (including phenoxy) is 1. The van der Waals surface area contributed by atoms with E-state index in [9.17, 15) is 19.8 Å². The van der Waals surface area contributed by atoms with Crippen LogP contribution < -0.4 is 9.64 Å². The molecular weight excluding hydrogens is 476 g/mol. The standard InChI is InChI=1S/C28H24N2O5S/c1-3-13-35-20-10-8-17(9-11-20)25(32)23-24(18-5-4-6-19(31)15-18)30(27(34)26(23)33)28-29-21-12-7-16(2)14-22(21)36-28/h4-12,14-15,24,31-32H,3,13H2,1-2H3/b25-23+. The molecule has 0 aliphatic carbocycles. The number of carbonyl (C=O) groups is 2. The van der Waals surface area contributed by atoms with E-state index in [-0.39, 0.29) is 17.1 Å². The number of thiazole rings is 1. The van der Waals surface area contributed by atoms with Gasteiger partial charge in [-0.15, -0.1) is 0 Å². The van der Waals surface area contributed by atoms with E-state index in [0.717, 1.165) is 16.7 Å². The second-order valence-corrected chi connectivity index (χ2v) is 9.61. The van der Waals surface area contributed by atoms with Gasteiger partial charge in [0.2, 0.25) is 0 Å². The molecule has 3 aromatic carbocycles. The van der Waals surface area contributed by atoms with Gasteiger partial charge in [0.1, 0.15) is 17.3 Å². The molecule has 1 aromatic heterocycles. The Bertz CT molecular complexity index is 1510. The van der Waals surface area contributed by atoms with Crippen LogP contribution in [0.2, 0.25) is 0 Å². The van der Waals surface area contributed by atoms with Crippen molar-refractivity contribution in [3.63, 3.8) is 0 Å². The summed E-state index contributed by atoms with van der Waals surface area (Å²) in [6.45, 7) is 4.54. The highest BCUT2D eigenvalue weighted by Crippen LogP contribution is 2.44. The summed E-state index contributed by atoms with van der Waals surface area (Å²) in [5.74, 6) is -1.28. The molecule has 1 saturated heterocycles. The average molecular weight is 501 g/mol. The van der Waals surface area contributed by atoms with Crippen LogP contribution in [0.15, 0.2) is 72.3 Å². The van der Waals surface area contributed by atoms with Crippen LogP contribution in [0.4, 0.5) is 5.13 Å². The fourth-order valence-corrected chi connectivity index (χ4v) is 5.34. The van der Waals surface area contributed by atoms with Crippen molar-refractivity contribution in [2.45, 2.75) is 26.3 Å². The van der Waals surface area contributed by atoms with E-state index < -0.39 is 17.7 Å². The van der Waals surface area contributed by atoms with Crippen molar-refractivity contribution in [2.75, 3.05) is 11.5 Å². The van der Waals surface area contributed by atoms with E-state index in [4.69, 9.17) is 4.74 Å². The van der Waals surface area contributed by atoms with Crippen LogP contribution in [0.5, 0.6) is 11.5 Å². The fourth-order valence-electron chi connectivity index (χ4n) is 4.25. The van der Waals surface area contributed by atoms with E-state index in [1.54, 1.807) is 36.4 Å². The number of rotatable bonds is 6. The van der Waals surface area contributed by atoms with Gasteiger partial charge in [0.05, 0.1) is 28.4 Å². The van der Waals surface area contributed by atoms with Gasteiger partial charge >= 0.3 is 5.91 Å². The highest BCUT2D eigenvalue weighted by atomic mass is 32.1. The van der Waals surface area contributed by atoms with Gasteiger partial charge in [-0.25, -0.2) is 4.98 Å². The number of aromatic hydroxyl groups is 1. The summed E-state index contributed by atoms with van der Waals surface area (Å²) in [5, 5.41) is 21.8.